The van der Waals surface area contributed by atoms with Gasteiger partial charge >= 0.3 is 0 Å². The first-order valence-corrected chi connectivity index (χ1v) is 8.87. The number of nitrogens with zero attached hydrogens (tertiary/aromatic N) is 3. The predicted octanol–water partition coefficient (Wildman–Crippen LogP) is 4.28. The summed E-state index contributed by atoms with van der Waals surface area (Å²) < 4.78 is 5.24. The van der Waals surface area contributed by atoms with E-state index in [1.54, 1.807) is 12.1 Å². The topological polar surface area (TPSA) is 71.3 Å². The summed E-state index contributed by atoms with van der Waals surface area (Å²) >= 11 is 12.1. The molecule has 0 radical (unpaired) electrons. The molecule has 0 aliphatic carbocycles. The molecule has 1 aliphatic heterocycles. The number of carbonyl (C=O) groups is 1. The second-order valence-electron chi connectivity index (χ2n) is 7.13. The fourth-order valence-electron chi connectivity index (χ4n) is 2.80. The van der Waals surface area contributed by atoms with Crippen LogP contribution in [0.3, 0.4) is 0 Å². The van der Waals surface area contributed by atoms with Gasteiger partial charge in [-0.25, -0.2) is 4.98 Å². The van der Waals surface area contributed by atoms with E-state index in [1.807, 2.05) is 25.7 Å². The summed E-state index contributed by atoms with van der Waals surface area (Å²) in [5.41, 5.74) is 0.639. The fourth-order valence-corrected chi connectivity index (χ4v) is 3.29. The Morgan fingerprint density at radius 2 is 2.12 bits per heavy atom. The van der Waals surface area contributed by atoms with E-state index in [0.717, 1.165) is 12.1 Å². The van der Waals surface area contributed by atoms with Crippen molar-refractivity contribution in [2.75, 3.05) is 16.8 Å². The van der Waals surface area contributed by atoms with Crippen molar-refractivity contribution in [2.24, 2.45) is 0 Å². The number of amides is 1. The number of hydrogen-bond donors (Lipinski definition) is 1. The summed E-state index contributed by atoms with van der Waals surface area (Å²) in [6.45, 7) is 6.80. The van der Waals surface area contributed by atoms with Crippen LogP contribution >= 0.6 is 23.2 Å². The summed E-state index contributed by atoms with van der Waals surface area (Å²) in [6, 6.07) is 3.02. The van der Waals surface area contributed by atoms with Crippen molar-refractivity contribution in [3.63, 3.8) is 0 Å². The quantitative estimate of drug-likeness (QED) is 0.857. The molecule has 2 aromatic heterocycles. The second-order valence-corrected chi connectivity index (χ2v) is 7.97. The van der Waals surface area contributed by atoms with Crippen LogP contribution < -0.4 is 10.2 Å². The maximum atomic E-state index is 12.7. The highest BCUT2D eigenvalue weighted by Crippen LogP contribution is 2.32. The van der Waals surface area contributed by atoms with E-state index >= 15 is 0 Å². The third kappa shape index (κ3) is 3.90. The molecular weight excluding hydrogens is 363 g/mol. The molecule has 1 aliphatic rings. The van der Waals surface area contributed by atoms with Crippen LogP contribution in [0.15, 0.2) is 22.9 Å². The van der Waals surface area contributed by atoms with Crippen LogP contribution in [0, 0.1) is 0 Å². The molecule has 25 heavy (non-hydrogen) atoms. The van der Waals surface area contributed by atoms with Gasteiger partial charge in [-0.2, -0.15) is 0 Å². The van der Waals surface area contributed by atoms with Gasteiger partial charge in [-0.1, -0.05) is 49.1 Å². The fraction of sp³-hybridized carbons (Fsp3) is 0.471. The van der Waals surface area contributed by atoms with Gasteiger partial charge in [-0.15, -0.1) is 0 Å². The maximum absolute atomic E-state index is 12.7. The lowest BCUT2D eigenvalue weighted by atomic mass is 9.92. The van der Waals surface area contributed by atoms with Gasteiger partial charge in [0.05, 0.1) is 15.7 Å². The average Bonchev–Trinajstić information content (AvgIpc) is 3.15. The Labute approximate surface area is 156 Å². The van der Waals surface area contributed by atoms with Gasteiger partial charge in [0.25, 0.3) is 0 Å². The second kappa shape index (κ2) is 6.84. The third-order valence-electron chi connectivity index (χ3n) is 4.14. The normalized spacial score (nSPS) is 17.8. The Kier molecular flexibility index (Phi) is 4.93. The lowest BCUT2D eigenvalue weighted by molar-refractivity contribution is -0.117. The van der Waals surface area contributed by atoms with Crippen molar-refractivity contribution < 1.29 is 9.32 Å². The zero-order valence-corrected chi connectivity index (χ0v) is 15.9. The molecule has 1 fully saturated rings. The van der Waals surface area contributed by atoms with Crippen LogP contribution in [0.1, 0.15) is 39.3 Å². The summed E-state index contributed by atoms with van der Waals surface area (Å²) in [4.78, 5) is 18.9. The highest BCUT2D eigenvalue weighted by Gasteiger charge is 2.33. The van der Waals surface area contributed by atoms with Crippen LogP contribution in [-0.2, 0) is 10.2 Å². The molecule has 0 bridgehead atoms. The molecule has 8 heteroatoms. The number of carbonyl (C=O) groups excluding carboxylic acids is 1. The molecule has 3 rings (SSSR count). The van der Waals surface area contributed by atoms with Crippen molar-refractivity contribution in [3.8, 4) is 0 Å². The maximum Gasteiger partial charge on any atom is 0.249 e. The minimum Gasteiger partial charge on any atom is -0.343 e. The summed E-state index contributed by atoms with van der Waals surface area (Å²) in [7, 11) is 0. The minimum atomic E-state index is -0.366. The highest BCUT2D eigenvalue weighted by atomic mass is 35.5. The number of anilines is 2. The highest BCUT2D eigenvalue weighted by molar-refractivity contribution is 6.36. The number of pyridine rings is 1. The van der Waals surface area contributed by atoms with Gasteiger partial charge in [0.1, 0.15) is 11.9 Å². The van der Waals surface area contributed by atoms with Crippen molar-refractivity contribution in [2.45, 2.75) is 45.1 Å². The van der Waals surface area contributed by atoms with Crippen molar-refractivity contribution >= 4 is 40.8 Å². The first kappa shape index (κ1) is 18.0. The van der Waals surface area contributed by atoms with E-state index < -0.39 is 0 Å². The molecular formula is C17H20Cl2N4O2. The van der Waals surface area contributed by atoms with Crippen molar-refractivity contribution in [3.05, 3.63) is 34.1 Å². The zero-order valence-electron chi connectivity index (χ0n) is 14.3. The van der Waals surface area contributed by atoms with Crippen molar-refractivity contribution in [1.29, 1.82) is 0 Å². The van der Waals surface area contributed by atoms with Crippen LogP contribution in [0.25, 0.3) is 0 Å². The predicted molar refractivity (Wildman–Crippen MR) is 98.5 cm³/mol. The third-order valence-corrected chi connectivity index (χ3v) is 4.63. The Morgan fingerprint density at radius 3 is 2.76 bits per heavy atom. The molecule has 1 amide bonds. The molecule has 2 aromatic rings. The van der Waals surface area contributed by atoms with Gasteiger partial charge in [0, 0.05) is 24.2 Å². The van der Waals surface area contributed by atoms with Crippen LogP contribution in [0.4, 0.5) is 11.7 Å². The number of halogens is 2. The van der Waals surface area contributed by atoms with Crippen molar-refractivity contribution in [1.82, 2.24) is 10.1 Å². The number of rotatable bonds is 3. The van der Waals surface area contributed by atoms with E-state index in [2.05, 4.69) is 15.5 Å². The minimum absolute atomic E-state index is 0.146. The van der Waals surface area contributed by atoms with E-state index in [9.17, 15) is 4.79 Å². The Bertz CT molecular complexity index is 785. The Morgan fingerprint density at radius 1 is 1.36 bits per heavy atom. The zero-order chi connectivity index (χ0) is 18.2. The molecule has 1 atom stereocenters. The largest absolute Gasteiger partial charge is 0.343 e. The molecule has 3 heterocycles. The standard InChI is InChI=1S/C17H20Cl2N4O2/c1-17(2,3)13-8-14(25-22-13)21-16(24)12-5-4-6-23(12)15-11(19)7-10(18)9-20-15/h7-9,12H,4-6H2,1-3H3,(H,21,24)/t12-/m0/s1. The monoisotopic (exact) mass is 382 g/mol. The first-order valence-electron chi connectivity index (χ1n) is 8.11. The lowest BCUT2D eigenvalue weighted by Gasteiger charge is -2.25. The number of nitrogens with one attached hydrogen (secondary N) is 1. The Hall–Kier alpha value is -1.79. The molecule has 0 aromatic carbocycles. The molecule has 0 unspecified atom stereocenters. The van der Waals surface area contributed by atoms with Crippen LogP contribution in [0.2, 0.25) is 10.0 Å². The van der Waals surface area contributed by atoms with Gasteiger partial charge < -0.3 is 9.42 Å². The molecule has 1 N–H and O–H groups in total. The van der Waals surface area contributed by atoms with Gasteiger partial charge in [-0.3, -0.25) is 10.1 Å². The van der Waals surface area contributed by atoms with E-state index in [0.29, 0.717) is 34.7 Å². The van der Waals surface area contributed by atoms with E-state index in [1.165, 1.54) is 6.20 Å². The van der Waals surface area contributed by atoms with Crippen LogP contribution in [0.5, 0.6) is 0 Å². The van der Waals surface area contributed by atoms with Gasteiger partial charge in [0.2, 0.25) is 11.8 Å². The number of aromatic nitrogens is 2. The summed E-state index contributed by atoms with van der Waals surface area (Å²) in [5, 5.41) is 7.71. The van der Waals surface area contributed by atoms with Gasteiger partial charge in [-0.05, 0) is 18.9 Å². The SMILES string of the molecule is CC(C)(C)c1cc(NC(=O)[C@@H]2CCCN2c2ncc(Cl)cc2Cl)on1. The number of hydrogen-bond acceptors (Lipinski definition) is 5. The smallest absolute Gasteiger partial charge is 0.249 e. The molecule has 0 spiro atoms. The Balaban J connectivity index is 1.76. The molecule has 1 saturated heterocycles. The molecule has 6 nitrogen and oxygen atoms in total. The van der Waals surface area contributed by atoms with E-state index in [4.69, 9.17) is 27.7 Å². The summed E-state index contributed by atoms with van der Waals surface area (Å²) in [6.07, 6.45) is 3.12. The lowest BCUT2D eigenvalue weighted by Crippen LogP contribution is -2.40. The molecule has 0 saturated carbocycles. The first-order chi connectivity index (χ1) is 11.8. The van der Waals surface area contributed by atoms with Gasteiger partial charge in [0.15, 0.2) is 0 Å². The summed E-state index contributed by atoms with van der Waals surface area (Å²) in [5.74, 6) is 0.746. The average molecular weight is 383 g/mol. The van der Waals surface area contributed by atoms with Crippen LogP contribution in [-0.4, -0.2) is 28.6 Å². The van der Waals surface area contributed by atoms with E-state index in [-0.39, 0.29) is 17.4 Å². The molecule has 134 valence electrons.